The number of carbonyl (C=O) groups is 1. The molecule has 0 spiro atoms. The lowest BCUT2D eigenvalue weighted by molar-refractivity contribution is -0.118. The van der Waals surface area contributed by atoms with Crippen molar-refractivity contribution in [2.24, 2.45) is 5.73 Å². The van der Waals surface area contributed by atoms with Crippen molar-refractivity contribution in [3.05, 3.63) is 34.4 Å². The summed E-state index contributed by atoms with van der Waals surface area (Å²) in [5.74, 6) is -0.311. The highest BCUT2D eigenvalue weighted by Gasteiger charge is 2.13. The first-order valence-corrected chi connectivity index (χ1v) is 5.96. The largest absolute Gasteiger partial charge is 0.388 e. The van der Waals surface area contributed by atoms with Gasteiger partial charge in [0.05, 0.1) is 6.10 Å². The zero-order valence-corrected chi connectivity index (χ0v) is 10.8. The van der Waals surface area contributed by atoms with Crippen LogP contribution in [-0.2, 0) is 4.79 Å². The van der Waals surface area contributed by atoms with Gasteiger partial charge in [-0.25, -0.2) is 0 Å². The molecule has 0 bridgehead atoms. The van der Waals surface area contributed by atoms with Crippen LogP contribution in [0, 0.1) is 20.8 Å². The number of hydrogen-bond donors (Lipinski definition) is 2. The van der Waals surface area contributed by atoms with Crippen molar-refractivity contribution in [1.29, 1.82) is 0 Å². The Hall–Kier alpha value is -1.35. The van der Waals surface area contributed by atoms with E-state index < -0.39 is 6.10 Å². The lowest BCUT2D eigenvalue weighted by atomic mass is 9.93. The number of carbonyl (C=O) groups excluding carboxylic acids is 1. The number of aryl methyl sites for hydroxylation is 3. The number of hydrogen-bond acceptors (Lipinski definition) is 2. The van der Waals surface area contributed by atoms with Gasteiger partial charge in [-0.1, -0.05) is 17.7 Å². The maximum absolute atomic E-state index is 10.6. The van der Waals surface area contributed by atoms with Crippen LogP contribution < -0.4 is 5.73 Å². The summed E-state index contributed by atoms with van der Waals surface area (Å²) in [4.78, 5) is 10.6. The summed E-state index contributed by atoms with van der Waals surface area (Å²) in [6, 6.07) is 4.14. The third kappa shape index (κ3) is 3.86. The molecule has 17 heavy (non-hydrogen) atoms. The zero-order valence-electron chi connectivity index (χ0n) is 10.8. The van der Waals surface area contributed by atoms with Gasteiger partial charge in [-0.3, -0.25) is 4.79 Å². The van der Waals surface area contributed by atoms with Crippen molar-refractivity contribution in [2.45, 2.75) is 46.1 Å². The average Bonchev–Trinajstić information content (AvgIpc) is 2.14. The Balaban J connectivity index is 2.75. The Bertz CT molecular complexity index is 390. The Kier molecular flexibility index (Phi) is 4.70. The van der Waals surface area contributed by atoms with Crippen molar-refractivity contribution in [1.82, 2.24) is 0 Å². The Labute approximate surface area is 103 Å². The molecular weight excluding hydrogens is 214 g/mol. The van der Waals surface area contributed by atoms with Gasteiger partial charge in [-0.15, -0.1) is 0 Å². The van der Waals surface area contributed by atoms with E-state index in [1.807, 2.05) is 20.8 Å². The molecule has 0 saturated heterocycles. The molecule has 0 aromatic heterocycles. The summed E-state index contributed by atoms with van der Waals surface area (Å²) in [6.45, 7) is 6.06. The highest BCUT2D eigenvalue weighted by atomic mass is 16.3. The Morgan fingerprint density at radius 1 is 1.29 bits per heavy atom. The van der Waals surface area contributed by atoms with Gasteiger partial charge in [0.2, 0.25) is 5.91 Å². The summed E-state index contributed by atoms with van der Waals surface area (Å²) in [7, 11) is 0. The monoisotopic (exact) mass is 235 g/mol. The van der Waals surface area contributed by atoms with Gasteiger partial charge < -0.3 is 10.8 Å². The van der Waals surface area contributed by atoms with Gasteiger partial charge in [-0.05, 0) is 50.3 Å². The predicted octanol–water partition coefficient (Wildman–Crippen LogP) is 2.30. The van der Waals surface area contributed by atoms with E-state index in [1.54, 1.807) is 0 Å². The molecule has 1 atom stereocenters. The first-order valence-electron chi connectivity index (χ1n) is 5.96. The molecule has 1 aromatic carbocycles. The fraction of sp³-hybridized carbons (Fsp3) is 0.500. The lowest BCUT2D eigenvalue weighted by Crippen LogP contribution is -2.11. The van der Waals surface area contributed by atoms with Crippen molar-refractivity contribution < 1.29 is 9.90 Å². The number of nitrogens with two attached hydrogens (primary N) is 1. The number of aliphatic hydroxyl groups is 1. The molecule has 1 rings (SSSR count). The van der Waals surface area contributed by atoms with E-state index in [0.29, 0.717) is 19.3 Å². The van der Waals surface area contributed by atoms with Gasteiger partial charge in [0.25, 0.3) is 0 Å². The number of primary amides is 1. The highest BCUT2D eigenvalue weighted by molar-refractivity contribution is 5.73. The van der Waals surface area contributed by atoms with Crippen LogP contribution in [0.1, 0.15) is 47.6 Å². The van der Waals surface area contributed by atoms with Gasteiger partial charge in [0, 0.05) is 6.42 Å². The third-order valence-corrected chi connectivity index (χ3v) is 2.97. The summed E-state index contributed by atoms with van der Waals surface area (Å²) < 4.78 is 0. The number of amides is 1. The molecule has 3 N–H and O–H groups in total. The Morgan fingerprint density at radius 2 is 1.82 bits per heavy atom. The van der Waals surface area contributed by atoms with E-state index in [4.69, 9.17) is 5.73 Å². The summed E-state index contributed by atoms with van der Waals surface area (Å²) in [5.41, 5.74) is 9.48. The number of benzene rings is 1. The maximum Gasteiger partial charge on any atom is 0.217 e. The molecule has 0 heterocycles. The molecular formula is C14H21NO2. The maximum atomic E-state index is 10.6. The van der Waals surface area contributed by atoms with Gasteiger partial charge in [0.15, 0.2) is 0 Å². The average molecular weight is 235 g/mol. The first-order chi connectivity index (χ1) is 7.91. The molecule has 0 radical (unpaired) electrons. The minimum atomic E-state index is -0.505. The second-order valence-corrected chi connectivity index (χ2v) is 4.69. The second kappa shape index (κ2) is 5.82. The van der Waals surface area contributed by atoms with E-state index in [0.717, 1.165) is 16.7 Å². The molecule has 3 heteroatoms. The van der Waals surface area contributed by atoms with Crippen molar-refractivity contribution in [3.8, 4) is 0 Å². The Morgan fingerprint density at radius 3 is 2.29 bits per heavy atom. The number of rotatable bonds is 5. The smallest absolute Gasteiger partial charge is 0.217 e. The topological polar surface area (TPSA) is 63.3 Å². The van der Waals surface area contributed by atoms with E-state index in [-0.39, 0.29) is 5.91 Å². The van der Waals surface area contributed by atoms with Crippen LogP contribution in [0.5, 0.6) is 0 Å². The molecule has 1 aromatic rings. The second-order valence-electron chi connectivity index (χ2n) is 4.69. The predicted molar refractivity (Wildman–Crippen MR) is 68.7 cm³/mol. The SMILES string of the molecule is Cc1cc(C)c(C(O)CCCC(N)=O)c(C)c1. The zero-order chi connectivity index (χ0) is 13.0. The van der Waals surface area contributed by atoms with E-state index in [2.05, 4.69) is 12.1 Å². The molecule has 0 aliphatic heterocycles. The molecule has 3 nitrogen and oxygen atoms in total. The fourth-order valence-electron chi connectivity index (χ4n) is 2.33. The van der Waals surface area contributed by atoms with Crippen molar-refractivity contribution >= 4 is 5.91 Å². The molecule has 1 unspecified atom stereocenters. The molecule has 0 saturated carbocycles. The van der Waals surface area contributed by atoms with Crippen LogP contribution in [0.25, 0.3) is 0 Å². The quantitative estimate of drug-likeness (QED) is 0.822. The van der Waals surface area contributed by atoms with Crippen molar-refractivity contribution in [3.63, 3.8) is 0 Å². The van der Waals surface area contributed by atoms with E-state index in [9.17, 15) is 9.90 Å². The van der Waals surface area contributed by atoms with E-state index >= 15 is 0 Å². The van der Waals surface area contributed by atoms with Crippen LogP contribution in [0.4, 0.5) is 0 Å². The minimum Gasteiger partial charge on any atom is -0.388 e. The third-order valence-electron chi connectivity index (χ3n) is 2.97. The summed E-state index contributed by atoms with van der Waals surface area (Å²) in [5, 5.41) is 10.1. The molecule has 0 aliphatic carbocycles. The van der Waals surface area contributed by atoms with Crippen molar-refractivity contribution in [2.75, 3.05) is 0 Å². The van der Waals surface area contributed by atoms with Gasteiger partial charge >= 0.3 is 0 Å². The van der Waals surface area contributed by atoms with Crippen LogP contribution in [-0.4, -0.2) is 11.0 Å². The molecule has 0 fully saturated rings. The standard InChI is InChI=1S/C14H21NO2/c1-9-7-10(2)14(11(3)8-9)12(16)5-4-6-13(15)17/h7-8,12,16H,4-6H2,1-3H3,(H2,15,17). The summed E-state index contributed by atoms with van der Waals surface area (Å²) in [6.07, 6.45) is 1.03. The van der Waals surface area contributed by atoms with Crippen LogP contribution in [0.3, 0.4) is 0 Å². The highest BCUT2D eigenvalue weighted by Crippen LogP contribution is 2.26. The first kappa shape index (κ1) is 13.7. The molecule has 1 amide bonds. The fourth-order valence-corrected chi connectivity index (χ4v) is 2.33. The van der Waals surface area contributed by atoms with Crippen LogP contribution in [0.15, 0.2) is 12.1 Å². The van der Waals surface area contributed by atoms with E-state index in [1.165, 1.54) is 5.56 Å². The lowest BCUT2D eigenvalue weighted by Gasteiger charge is -2.17. The van der Waals surface area contributed by atoms with Gasteiger partial charge in [0.1, 0.15) is 0 Å². The minimum absolute atomic E-state index is 0.311. The normalized spacial score (nSPS) is 12.5. The molecule has 0 aliphatic rings. The van der Waals surface area contributed by atoms with Crippen LogP contribution >= 0.6 is 0 Å². The number of aliphatic hydroxyl groups excluding tert-OH is 1. The van der Waals surface area contributed by atoms with Crippen LogP contribution in [0.2, 0.25) is 0 Å². The van der Waals surface area contributed by atoms with Gasteiger partial charge in [-0.2, -0.15) is 0 Å². The summed E-state index contributed by atoms with van der Waals surface area (Å²) >= 11 is 0. The molecule has 94 valence electrons.